The number of furan rings is 1. The van der Waals surface area contributed by atoms with Gasteiger partial charge >= 0.3 is 5.97 Å². The first kappa shape index (κ1) is 30.5. The van der Waals surface area contributed by atoms with Crippen LogP contribution in [-0.4, -0.2) is 20.9 Å². The third-order valence-corrected chi connectivity index (χ3v) is 12.2. The highest BCUT2D eigenvalue weighted by atomic mass is 28.4. The molecule has 6 nitrogen and oxygen atoms in total. The van der Waals surface area contributed by atoms with Crippen molar-refractivity contribution in [2.24, 2.45) is 5.73 Å². The van der Waals surface area contributed by atoms with Crippen molar-refractivity contribution in [2.75, 3.05) is 6.61 Å². The molecule has 0 amide bonds. The van der Waals surface area contributed by atoms with Gasteiger partial charge in [0.15, 0.2) is 8.32 Å². The van der Waals surface area contributed by atoms with E-state index in [-0.39, 0.29) is 36.4 Å². The van der Waals surface area contributed by atoms with Crippen LogP contribution in [0.25, 0.3) is 22.1 Å². The Bertz CT molecular complexity index is 1520. The van der Waals surface area contributed by atoms with Crippen molar-refractivity contribution in [1.82, 2.24) is 0 Å². The van der Waals surface area contributed by atoms with E-state index in [0.29, 0.717) is 47.0 Å². The molecule has 218 valence electrons. The lowest BCUT2D eigenvalue weighted by atomic mass is 9.98. The van der Waals surface area contributed by atoms with Crippen LogP contribution in [0.1, 0.15) is 50.1 Å². The molecule has 1 aromatic heterocycles. The number of halogens is 1. The highest BCUT2D eigenvalue weighted by molar-refractivity contribution is 6.74. The zero-order chi connectivity index (χ0) is 29.8. The molecule has 3 aromatic carbocycles. The maximum Gasteiger partial charge on any atom is 0.310 e. The van der Waals surface area contributed by atoms with Crippen molar-refractivity contribution in [3.63, 3.8) is 0 Å². The number of rotatable bonds is 11. The highest BCUT2D eigenvalue weighted by Gasteiger charge is 2.37. The second-order valence-corrected chi connectivity index (χ2v) is 16.5. The van der Waals surface area contributed by atoms with E-state index in [2.05, 4.69) is 33.9 Å². The lowest BCUT2D eigenvalue weighted by molar-refractivity contribution is -0.142. The van der Waals surface area contributed by atoms with Gasteiger partial charge in [0.2, 0.25) is 0 Å². The quantitative estimate of drug-likeness (QED) is 0.144. The molecule has 0 aliphatic carbocycles. The molecule has 0 unspecified atom stereocenters. The van der Waals surface area contributed by atoms with Crippen molar-refractivity contribution in [1.29, 1.82) is 0 Å². The summed E-state index contributed by atoms with van der Waals surface area (Å²) in [5.41, 5.74) is 9.42. The predicted molar refractivity (Wildman–Crippen MR) is 163 cm³/mol. The Balaban J connectivity index is 1.70. The van der Waals surface area contributed by atoms with Crippen molar-refractivity contribution in [3.05, 3.63) is 88.9 Å². The first-order valence-corrected chi connectivity index (χ1v) is 16.9. The monoisotopic (exact) mass is 577 g/mol. The second-order valence-electron chi connectivity index (χ2n) is 11.7. The van der Waals surface area contributed by atoms with Crippen LogP contribution in [0.5, 0.6) is 5.75 Å². The number of ether oxygens (including phenoxy) is 2. The summed E-state index contributed by atoms with van der Waals surface area (Å²) in [6.07, 6.45) is 0.116. The van der Waals surface area contributed by atoms with Crippen LogP contribution in [0.15, 0.2) is 65.1 Å². The van der Waals surface area contributed by atoms with Crippen molar-refractivity contribution in [3.8, 4) is 16.9 Å². The van der Waals surface area contributed by atoms with E-state index >= 15 is 4.39 Å². The molecule has 0 bridgehead atoms. The Morgan fingerprint density at radius 1 is 0.976 bits per heavy atom. The van der Waals surface area contributed by atoms with Gasteiger partial charge in [0.1, 0.15) is 29.5 Å². The molecule has 0 atom stereocenters. The Morgan fingerprint density at radius 3 is 2.41 bits per heavy atom. The Hall–Kier alpha value is -3.46. The number of benzene rings is 3. The average Bonchev–Trinajstić information content (AvgIpc) is 3.34. The van der Waals surface area contributed by atoms with Crippen LogP contribution in [-0.2, 0) is 40.1 Å². The van der Waals surface area contributed by atoms with Gasteiger partial charge in [0, 0.05) is 34.2 Å². The van der Waals surface area contributed by atoms with Crippen LogP contribution < -0.4 is 10.5 Å². The minimum Gasteiger partial charge on any atom is -0.489 e. The molecule has 0 fully saturated rings. The molecular formula is C33H40FNO5Si. The molecule has 0 saturated heterocycles. The second kappa shape index (κ2) is 12.6. The van der Waals surface area contributed by atoms with Gasteiger partial charge in [-0.2, -0.15) is 0 Å². The number of carbonyl (C=O) groups excluding carboxylic acids is 1. The van der Waals surface area contributed by atoms with Crippen molar-refractivity contribution >= 4 is 25.3 Å². The topological polar surface area (TPSA) is 83.9 Å². The largest absolute Gasteiger partial charge is 0.489 e. The summed E-state index contributed by atoms with van der Waals surface area (Å²) in [6, 6.07) is 18.4. The molecular weight excluding hydrogens is 537 g/mol. The predicted octanol–water partition coefficient (Wildman–Crippen LogP) is 7.90. The van der Waals surface area contributed by atoms with E-state index in [4.69, 9.17) is 24.1 Å². The Morgan fingerprint density at radius 2 is 1.71 bits per heavy atom. The van der Waals surface area contributed by atoms with E-state index < -0.39 is 8.32 Å². The summed E-state index contributed by atoms with van der Waals surface area (Å²) < 4.78 is 39.5. The molecule has 1 heterocycles. The standard InChI is InChI=1S/C33H40FNO5Si/c1-7-37-30(36)18-23-11-8-9-14-29(23)38-20-22-15-25-17-26(21-39-41(5,6)33(2,3)4)40-32(25)28(16-22)27-13-10-12-24(19-35)31(27)34/h8-17H,7,18-21,35H2,1-6H3. The summed E-state index contributed by atoms with van der Waals surface area (Å²) in [7, 11) is -2.01. The number of esters is 1. The fraction of sp³-hybridized carbons (Fsp3) is 0.364. The zero-order valence-corrected chi connectivity index (χ0v) is 25.8. The average molecular weight is 578 g/mol. The molecule has 4 aromatic rings. The Kier molecular flexibility index (Phi) is 9.36. The maximum absolute atomic E-state index is 15.5. The summed E-state index contributed by atoms with van der Waals surface area (Å²) >= 11 is 0. The van der Waals surface area contributed by atoms with E-state index in [0.717, 1.165) is 16.5 Å². The van der Waals surface area contributed by atoms with Crippen LogP contribution in [0.2, 0.25) is 18.1 Å². The molecule has 0 saturated carbocycles. The molecule has 8 heteroatoms. The third-order valence-electron chi connectivity index (χ3n) is 7.70. The number of hydrogen-bond donors (Lipinski definition) is 1. The number of hydrogen-bond acceptors (Lipinski definition) is 6. The van der Waals surface area contributed by atoms with Crippen LogP contribution in [0.4, 0.5) is 4.39 Å². The van der Waals surface area contributed by atoms with E-state index in [1.807, 2.05) is 42.5 Å². The summed E-state index contributed by atoms with van der Waals surface area (Å²) in [6.45, 7) is 13.7. The van der Waals surface area contributed by atoms with Crippen molar-refractivity contribution in [2.45, 2.75) is 72.0 Å². The number of nitrogens with two attached hydrogens (primary N) is 1. The summed E-state index contributed by atoms with van der Waals surface area (Å²) in [5, 5.41) is 0.886. The van der Waals surface area contributed by atoms with Crippen molar-refractivity contribution < 1.29 is 27.5 Å². The van der Waals surface area contributed by atoms with Gasteiger partial charge in [0.05, 0.1) is 19.6 Å². The van der Waals surface area contributed by atoms with Gasteiger partial charge in [-0.15, -0.1) is 0 Å². The highest BCUT2D eigenvalue weighted by Crippen LogP contribution is 2.39. The van der Waals surface area contributed by atoms with E-state index in [9.17, 15) is 4.79 Å². The van der Waals surface area contributed by atoms with Crippen LogP contribution in [0.3, 0.4) is 0 Å². The van der Waals surface area contributed by atoms with E-state index in [1.54, 1.807) is 25.1 Å². The molecule has 4 rings (SSSR count). The first-order chi connectivity index (χ1) is 19.4. The third kappa shape index (κ3) is 7.07. The van der Waals surface area contributed by atoms with Gasteiger partial charge in [-0.1, -0.05) is 57.2 Å². The number of fused-ring (bicyclic) bond motifs is 1. The fourth-order valence-electron chi connectivity index (χ4n) is 4.36. The lowest BCUT2D eigenvalue weighted by Crippen LogP contribution is -2.40. The zero-order valence-electron chi connectivity index (χ0n) is 24.8. The smallest absolute Gasteiger partial charge is 0.310 e. The summed E-state index contributed by atoms with van der Waals surface area (Å²) in [4.78, 5) is 12.1. The van der Waals surface area contributed by atoms with Gasteiger partial charge in [-0.3, -0.25) is 4.79 Å². The fourth-order valence-corrected chi connectivity index (χ4v) is 5.29. The first-order valence-electron chi connectivity index (χ1n) is 14.0. The molecule has 0 aliphatic heterocycles. The van der Waals surface area contributed by atoms with E-state index in [1.165, 1.54) is 0 Å². The Labute approximate surface area is 242 Å². The molecule has 0 radical (unpaired) electrons. The SMILES string of the molecule is CCOC(=O)Cc1ccccc1OCc1cc(-c2cccc(CN)c2F)c2oc(CO[Si](C)(C)C(C)(C)C)cc2c1. The van der Waals surface area contributed by atoms with Crippen LogP contribution in [0, 0.1) is 5.82 Å². The summed E-state index contributed by atoms with van der Waals surface area (Å²) in [5.74, 6) is 0.589. The maximum atomic E-state index is 15.5. The normalized spacial score (nSPS) is 12.1. The molecule has 41 heavy (non-hydrogen) atoms. The molecule has 0 spiro atoms. The minimum absolute atomic E-state index is 0.0596. The minimum atomic E-state index is -2.01. The van der Waals surface area contributed by atoms with Crippen LogP contribution >= 0.6 is 0 Å². The lowest BCUT2D eigenvalue weighted by Gasteiger charge is -2.35. The molecule has 2 N–H and O–H groups in total. The van der Waals surface area contributed by atoms with Gasteiger partial charge < -0.3 is 24.1 Å². The van der Waals surface area contributed by atoms with Gasteiger partial charge in [-0.25, -0.2) is 4.39 Å². The number of carbonyl (C=O) groups is 1. The van der Waals surface area contributed by atoms with Gasteiger partial charge in [0.25, 0.3) is 0 Å². The number of para-hydroxylation sites is 1. The molecule has 0 aliphatic rings. The van der Waals surface area contributed by atoms with Gasteiger partial charge in [-0.05, 0) is 54.9 Å².